The molecule has 36 heavy (non-hydrogen) atoms. The Kier molecular flexibility index (Phi) is 5.80. The third kappa shape index (κ3) is 3.21. The van der Waals surface area contributed by atoms with E-state index in [0.29, 0.717) is 22.6 Å². The number of urea groups is 1. The highest BCUT2D eigenvalue weighted by atomic mass is 16.5. The zero-order chi connectivity index (χ0) is 25.4. The molecule has 3 amide bonds. The minimum absolute atomic E-state index is 0.0137. The first kappa shape index (κ1) is 23.3. The summed E-state index contributed by atoms with van der Waals surface area (Å²) in [6, 6.07) is 21.9. The number of nitrogens with zero attached hydrogens (tertiary/aromatic N) is 2. The molecule has 2 aliphatic heterocycles. The number of imide groups is 1. The van der Waals surface area contributed by atoms with Crippen LogP contribution in [0, 0.1) is 0 Å². The summed E-state index contributed by atoms with van der Waals surface area (Å²) in [4.78, 5) is 57.3. The predicted octanol–water partition coefficient (Wildman–Crippen LogP) is 3.81. The summed E-state index contributed by atoms with van der Waals surface area (Å²) in [7, 11) is 1.52. The van der Waals surface area contributed by atoms with Crippen molar-refractivity contribution in [1.29, 1.82) is 0 Å². The lowest BCUT2D eigenvalue weighted by Gasteiger charge is -2.55. The van der Waals surface area contributed by atoms with Gasteiger partial charge >= 0.3 is 12.0 Å². The minimum Gasteiger partial charge on any atom is -0.497 e. The molecule has 3 atom stereocenters. The summed E-state index contributed by atoms with van der Waals surface area (Å²) >= 11 is 0. The number of anilines is 1. The summed E-state index contributed by atoms with van der Waals surface area (Å²) in [5.41, 5.74) is -0.757. The first-order valence-electron chi connectivity index (χ1n) is 11.6. The Bertz CT molecular complexity index is 1330. The molecule has 2 heterocycles. The van der Waals surface area contributed by atoms with Gasteiger partial charge in [-0.05, 0) is 48.9 Å². The number of benzene rings is 3. The lowest BCUT2D eigenvalue weighted by atomic mass is 9.63. The van der Waals surface area contributed by atoms with Crippen molar-refractivity contribution in [2.45, 2.75) is 24.4 Å². The van der Waals surface area contributed by atoms with E-state index in [9.17, 15) is 19.2 Å². The summed E-state index contributed by atoms with van der Waals surface area (Å²) < 4.78 is 10.6. The molecule has 0 saturated carbocycles. The van der Waals surface area contributed by atoms with Crippen molar-refractivity contribution in [3.63, 3.8) is 0 Å². The van der Waals surface area contributed by atoms with Crippen LogP contribution >= 0.6 is 0 Å². The molecular formula is C28H24N2O6. The third-order valence-electron chi connectivity index (χ3n) is 6.75. The number of para-hydroxylation sites is 1. The summed E-state index contributed by atoms with van der Waals surface area (Å²) in [5.74, 6) is -2.33. The second-order valence-electron chi connectivity index (χ2n) is 8.54. The number of carbonyl (C=O) groups is 4. The maximum absolute atomic E-state index is 14.0. The highest BCUT2D eigenvalue weighted by molar-refractivity contribution is 6.34. The van der Waals surface area contributed by atoms with Crippen LogP contribution in [0.4, 0.5) is 10.5 Å². The van der Waals surface area contributed by atoms with E-state index < -0.39 is 35.4 Å². The number of Topliss-reactive ketones (excluding diaryl/α,β-unsaturated/α-hetero) is 1. The molecule has 3 aromatic rings. The molecule has 3 aromatic carbocycles. The lowest BCUT2D eigenvalue weighted by Crippen LogP contribution is -2.77. The third-order valence-corrected chi connectivity index (χ3v) is 6.75. The van der Waals surface area contributed by atoms with Crippen molar-refractivity contribution >= 4 is 29.4 Å². The Morgan fingerprint density at radius 1 is 0.889 bits per heavy atom. The number of rotatable bonds is 7. The van der Waals surface area contributed by atoms with Crippen LogP contribution in [0.1, 0.15) is 28.8 Å². The van der Waals surface area contributed by atoms with Crippen LogP contribution in [-0.2, 0) is 14.3 Å². The Morgan fingerprint density at radius 3 is 2.08 bits per heavy atom. The molecule has 0 unspecified atom stereocenters. The van der Waals surface area contributed by atoms with E-state index in [-0.39, 0.29) is 12.4 Å². The van der Waals surface area contributed by atoms with Gasteiger partial charge in [0.15, 0.2) is 5.78 Å². The second-order valence-corrected chi connectivity index (χ2v) is 8.54. The number of methoxy groups -OCH3 is 1. The molecule has 0 radical (unpaired) electrons. The number of amides is 3. The molecule has 8 heteroatoms. The van der Waals surface area contributed by atoms with E-state index in [4.69, 9.17) is 9.47 Å². The van der Waals surface area contributed by atoms with Crippen molar-refractivity contribution < 1.29 is 28.7 Å². The van der Waals surface area contributed by atoms with E-state index in [0.717, 1.165) is 9.80 Å². The van der Waals surface area contributed by atoms with Crippen LogP contribution in [0.2, 0.25) is 0 Å². The average Bonchev–Trinajstić information content (AvgIpc) is 3.08. The van der Waals surface area contributed by atoms with Gasteiger partial charge in [0.25, 0.3) is 5.91 Å². The van der Waals surface area contributed by atoms with Gasteiger partial charge in [0.2, 0.25) is 5.54 Å². The van der Waals surface area contributed by atoms with E-state index in [1.165, 1.54) is 7.11 Å². The first-order chi connectivity index (χ1) is 17.5. The Labute approximate surface area is 208 Å². The molecule has 182 valence electrons. The van der Waals surface area contributed by atoms with Crippen LogP contribution in [0.25, 0.3) is 0 Å². The number of hydrogen-bond donors (Lipinski definition) is 0. The number of ketones is 1. The van der Waals surface area contributed by atoms with Crippen molar-refractivity contribution in [1.82, 2.24) is 4.90 Å². The fourth-order valence-corrected chi connectivity index (χ4v) is 5.17. The maximum atomic E-state index is 14.0. The van der Waals surface area contributed by atoms with Crippen LogP contribution in [0.3, 0.4) is 0 Å². The van der Waals surface area contributed by atoms with Gasteiger partial charge in [0.05, 0.1) is 25.3 Å². The molecule has 2 saturated heterocycles. The minimum atomic E-state index is -1.99. The zero-order valence-electron chi connectivity index (χ0n) is 19.8. The van der Waals surface area contributed by atoms with Crippen LogP contribution in [-0.4, -0.2) is 53.9 Å². The molecule has 0 aliphatic carbocycles. The van der Waals surface area contributed by atoms with Gasteiger partial charge in [-0.25, -0.2) is 14.5 Å². The SMILES string of the molecule is CCOC(=O)[C@]12C(=O)N(c3ccccc3)C(=O)N1[C@H](C(=O)c1ccc(OC)cc1)[C@H]2c1ccccc1. The molecule has 0 aromatic heterocycles. The number of esters is 1. The summed E-state index contributed by atoms with van der Waals surface area (Å²) in [6.07, 6.45) is 0. The number of hydrogen-bond acceptors (Lipinski definition) is 6. The van der Waals surface area contributed by atoms with Crippen molar-refractivity contribution in [2.24, 2.45) is 0 Å². The van der Waals surface area contributed by atoms with Gasteiger partial charge < -0.3 is 9.47 Å². The largest absolute Gasteiger partial charge is 0.497 e. The van der Waals surface area contributed by atoms with Crippen molar-refractivity contribution in [3.05, 3.63) is 96.1 Å². The molecule has 0 bridgehead atoms. The van der Waals surface area contributed by atoms with Gasteiger partial charge in [-0.3, -0.25) is 14.5 Å². The number of ether oxygens (including phenoxy) is 2. The van der Waals surface area contributed by atoms with Crippen LogP contribution in [0.15, 0.2) is 84.9 Å². The molecule has 2 fully saturated rings. The molecule has 8 nitrogen and oxygen atoms in total. The quantitative estimate of drug-likeness (QED) is 0.219. The van der Waals surface area contributed by atoms with E-state index in [1.807, 2.05) is 0 Å². The second kappa shape index (κ2) is 8.96. The van der Waals surface area contributed by atoms with Crippen LogP contribution in [0.5, 0.6) is 5.75 Å². The standard InChI is InChI=1S/C28H24N2O6/c1-3-36-26(33)28-22(18-10-6-4-7-11-18)23(24(31)19-14-16-21(35-2)17-15-19)30(28)27(34)29(25(28)32)20-12-8-5-9-13-20/h4-17,22-23H,3H2,1-2H3/t22-,23+,28+/m1/s1. The van der Waals surface area contributed by atoms with Gasteiger partial charge in [-0.15, -0.1) is 0 Å². The van der Waals surface area contributed by atoms with Crippen molar-refractivity contribution in [2.75, 3.05) is 18.6 Å². The highest BCUT2D eigenvalue weighted by Gasteiger charge is 2.79. The molecular weight excluding hydrogens is 460 g/mol. The van der Waals surface area contributed by atoms with Gasteiger partial charge in [-0.1, -0.05) is 48.5 Å². The van der Waals surface area contributed by atoms with Crippen molar-refractivity contribution in [3.8, 4) is 5.75 Å². The normalized spacial score (nSPS) is 22.6. The molecule has 0 N–H and O–H groups in total. The lowest BCUT2D eigenvalue weighted by molar-refractivity contribution is -0.171. The molecule has 5 rings (SSSR count). The monoisotopic (exact) mass is 484 g/mol. The van der Waals surface area contributed by atoms with E-state index >= 15 is 0 Å². The maximum Gasteiger partial charge on any atom is 0.342 e. The molecule has 2 aliphatic rings. The Morgan fingerprint density at radius 2 is 1.50 bits per heavy atom. The highest BCUT2D eigenvalue weighted by Crippen LogP contribution is 2.56. The molecule has 0 spiro atoms. The Hall–Kier alpha value is -4.46. The summed E-state index contributed by atoms with van der Waals surface area (Å²) in [6.45, 7) is 1.64. The number of carbonyl (C=O) groups excluding carboxylic acids is 4. The van der Waals surface area contributed by atoms with E-state index in [2.05, 4.69) is 0 Å². The van der Waals surface area contributed by atoms with Gasteiger partial charge in [0, 0.05) is 5.56 Å². The van der Waals surface area contributed by atoms with Gasteiger partial charge in [-0.2, -0.15) is 0 Å². The smallest absolute Gasteiger partial charge is 0.342 e. The summed E-state index contributed by atoms with van der Waals surface area (Å²) in [5, 5.41) is 0. The van der Waals surface area contributed by atoms with Crippen LogP contribution < -0.4 is 9.64 Å². The Balaban J connectivity index is 1.69. The zero-order valence-corrected chi connectivity index (χ0v) is 19.8. The average molecular weight is 485 g/mol. The number of fused-ring (bicyclic) bond motifs is 1. The van der Waals surface area contributed by atoms with E-state index in [1.54, 1.807) is 91.9 Å². The predicted molar refractivity (Wildman–Crippen MR) is 131 cm³/mol. The first-order valence-corrected chi connectivity index (χ1v) is 11.6. The topological polar surface area (TPSA) is 93.2 Å². The fourth-order valence-electron chi connectivity index (χ4n) is 5.17. The fraction of sp³-hybridized carbons (Fsp3) is 0.214. The van der Waals surface area contributed by atoms with Gasteiger partial charge in [0.1, 0.15) is 11.8 Å².